The minimum Gasteiger partial charge on any atom is -0.376 e. The van der Waals surface area contributed by atoms with E-state index in [9.17, 15) is 0 Å². The van der Waals surface area contributed by atoms with Crippen molar-refractivity contribution in [2.45, 2.75) is 19.8 Å². The molecule has 0 aromatic carbocycles. The molecule has 0 bridgehead atoms. The first-order valence-electron chi connectivity index (χ1n) is 4.71. The zero-order valence-corrected chi connectivity index (χ0v) is 9.28. The molecule has 0 aliphatic carbocycles. The second-order valence-electron chi connectivity index (χ2n) is 3.82. The quantitative estimate of drug-likeness (QED) is 0.733. The molecule has 1 aromatic rings. The first-order valence-corrected chi connectivity index (χ1v) is 4.71. The molecule has 0 amide bonds. The van der Waals surface area contributed by atoms with Gasteiger partial charge < -0.3 is 4.90 Å². The van der Waals surface area contributed by atoms with Gasteiger partial charge >= 0.3 is 0 Å². The van der Waals surface area contributed by atoms with Crippen LogP contribution in [0, 0.1) is 0 Å². The SMILES string of the molecule is C=C(c1cnc(C(C)C)cn1)N(C)C. The third-order valence-electron chi connectivity index (χ3n) is 2.10. The molecule has 1 rings (SSSR count). The molecule has 0 unspecified atom stereocenters. The molecule has 3 heteroatoms. The van der Waals surface area contributed by atoms with E-state index >= 15 is 0 Å². The maximum Gasteiger partial charge on any atom is 0.104 e. The molecule has 0 radical (unpaired) electrons. The molecular weight excluding hydrogens is 174 g/mol. The summed E-state index contributed by atoms with van der Waals surface area (Å²) in [6.45, 7) is 8.13. The normalized spacial score (nSPS) is 10.4. The average Bonchev–Trinajstić information content (AvgIpc) is 2.16. The van der Waals surface area contributed by atoms with E-state index in [0.29, 0.717) is 5.92 Å². The lowest BCUT2D eigenvalue weighted by atomic mass is 10.1. The van der Waals surface area contributed by atoms with Crippen LogP contribution in [0.25, 0.3) is 5.70 Å². The van der Waals surface area contributed by atoms with Gasteiger partial charge in [-0.1, -0.05) is 20.4 Å². The summed E-state index contributed by atoms with van der Waals surface area (Å²) in [7, 11) is 3.89. The Balaban J connectivity index is 2.89. The van der Waals surface area contributed by atoms with Crippen LogP contribution in [0.4, 0.5) is 0 Å². The lowest BCUT2D eigenvalue weighted by Gasteiger charge is -2.14. The van der Waals surface area contributed by atoms with Crippen LogP contribution >= 0.6 is 0 Å². The Morgan fingerprint density at radius 2 is 1.93 bits per heavy atom. The molecule has 0 aliphatic heterocycles. The van der Waals surface area contributed by atoms with Crippen molar-refractivity contribution in [3.8, 4) is 0 Å². The van der Waals surface area contributed by atoms with E-state index in [1.807, 2.05) is 25.2 Å². The number of hydrogen-bond acceptors (Lipinski definition) is 3. The Bertz CT molecular complexity index is 312. The highest BCUT2D eigenvalue weighted by atomic mass is 15.1. The van der Waals surface area contributed by atoms with Gasteiger partial charge in [0.05, 0.1) is 17.6 Å². The monoisotopic (exact) mass is 191 g/mol. The van der Waals surface area contributed by atoms with Gasteiger partial charge in [-0.2, -0.15) is 0 Å². The smallest absolute Gasteiger partial charge is 0.104 e. The van der Waals surface area contributed by atoms with Crippen LogP contribution in [0.2, 0.25) is 0 Å². The van der Waals surface area contributed by atoms with Gasteiger partial charge in [0.15, 0.2) is 0 Å². The molecular formula is C11H17N3. The van der Waals surface area contributed by atoms with Gasteiger partial charge in [0, 0.05) is 20.3 Å². The average molecular weight is 191 g/mol. The summed E-state index contributed by atoms with van der Waals surface area (Å²) < 4.78 is 0. The van der Waals surface area contributed by atoms with Crippen molar-refractivity contribution in [3.63, 3.8) is 0 Å². The third kappa shape index (κ3) is 2.31. The second-order valence-corrected chi connectivity index (χ2v) is 3.82. The molecule has 0 spiro atoms. The maximum atomic E-state index is 4.33. The first kappa shape index (κ1) is 10.7. The van der Waals surface area contributed by atoms with Crippen LogP contribution < -0.4 is 0 Å². The molecule has 0 aliphatic rings. The Kier molecular flexibility index (Phi) is 3.23. The molecule has 0 saturated carbocycles. The van der Waals surface area contributed by atoms with Crippen LogP contribution in [-0.2, 0) is 0 Å². The standard InChI is InChI=1S/C11H17N3/c1-8(2)10-6-13-11(7-12-10)9(3)14(4)5/h6-8H,3H2,1-2,4-5H3. The van der Waals surface area contributed by atoms with Gasteiger partial charge in [-0.25, -0.2) is 0 Å². The largest absolute Gasteiger partial charge is 0.376 e. The lowest BCUT2D eigenvalue weighted by Crippen LogP contribution is -2.10. The maximum absolute atomic E-state index is 4.33. The van der Waals surface area contributed by atoms with Crippen LogP contribution in [0.3, 0.4) is 0 Å². The van der Waals surface area contributed by atoms with Gasteiger partial charge in [-0.15, -0.1) is 0 Å². The zero-order chi connectivity index (χ0) is 10.7. The Morgan fingerprint density at radius 3 is 2.29 bits per heavy atom. The van der Waals surface area contributed by atoms with Gasteiger partial charge in [0.1, 0.15) is 5.69 Å². The highest BCUT2D eigenvalue weighted by Gasteiger charge is 2.05. The summed E-state index contributed by atoms with van der Waals surface area (Å²) in [5, 5.41) is 0. The molecule has 0 N–H and O–H groups in total. The highest BCUT2D eigenvalue weighted by Crippen LogP contribution is 2.13. The molecule has 14 heavy (non-hydrogen) atoms. The van der Waals surface area contributed by atoms with Crippen molar-refractivity contribution in [2.24, 2.45) is 0 Å². The third-order valence-corrected chi connectivity index (χ3v) is 2.10. The Labute approximate surface area is 85.5 Å². The highest BCUT2D eigenvalue weighted by molar-refractivity contribution is 5.56. The van der Waals surface area contributed by atoms with E-state index in [1.54, 1.807) is 6.20 Å². The fourth-order valence-electron chi connectivity index (χ4n) is 1.01. The fraction of sp³-hybridized carbons (Fsp3) is 0.455. The number of hydrogen-bond donors (Lipinski definition) is 0. The summed E-state index contributed by atoms with van der Waals surface area (Å²) in [4.78, 5) is 10.6. The minimum atomic E-state index is 0.421. The molecule has 0 fully saturated rings. The molecule has 76 valence electrons. The van der Waals surface area contributed by atoms with Crippen molar-refractivity contribution in [1.29, 1.82) is 0 Å². The summed E-state index contributed by atoms with van der Waals surface area (Å²) in [6.07, 6.45) is 3.59. The van der Waals surface area contributed by atoms with Crippen molar-refractivity contribution in [1.82, 2.24) is 14.9 Å². The van der Waals surface area contributed by atoms with E-state index < -0.39 is 0 Å². The summed E-state index contributed by atoms with van der Waals surface area (Å²) in [5.74, 6) is 0.421. The van der Waals surface area contributed by atoms with Crippen LogP contribution in [0.1, 0.15) is 31.2 Å². The first-order chi connectivity index (χ1) is 6.52. The Hall–Kier alpha value is -1.38. The van der Waals surface area contributed by atoms with E-state index in [1.165, 1.54) is 0 Å². The number of aromatic nitrogens is 2. The van der Waals surface area contributed by atoms with Gasteiger partial charge in [-0.3, -0.25) is 9.97 Å². The molecule has 3 nitrogen and oxygen atoms in total. The van der Waals surface area contributed by atoms with E-state index in [4.69, 9.17) is 0 Å². The molecule has 1 aromatic heterocycles. The lowest BCUT2D eigenvalue weighted by molar-refractivity contribution is 0.589. The molecule has 0 atom stereocenters. The van der Waals surface area contributed by atoms with Crippen LogP contribution in [0.5, 0.6) is 0 Å². The number of rotatable bonds is 3. The van der Waals surface area contributed by atoms with E-state index in [-0.39, 0.29) is 0 Å². The molecule has 0 saturated heterocycles. The second kappa shape index (κ2) is 4.22. The van der Waals surface area contributed by atoms with Gasteiger partial charge in [-0.05, 0) is 5.92 Å². The van der Waals surface area contributed by atoms with Crippen molar-refractivity contribution >= 4 is 5.70 Å². The van der Waals surface area contributed by atoms with Gasteiger partial charge in [0.25, 0.3) is 0 Å². The van der Waals surface area contributed by atoms with E-state index in [0.717, 1.165) is 17.1 Å². The summed E-state index contributed by atoms with van der Waals surface area (Å²) in [6, 6.07) is 0. The van der Waals surface area contributed by atoms with Crippen LogP contribution in [0.15, 0.2) is 19.0 Å². The van der Waals surface area contributed by atoms with Crippen molar-refractivity contribution < 1.29 is 0 Å². The zero-order valence-electron chi connectivity index (χ0n) is 9.28. The summed E-state index contributed by atoms with van der Waals surface area (Å²) in [5.41, 5.74) is 2.73. The molecule has 1 heterocycles. The van der Waals surface area contributed by atoms with Crippen LogP contribution in [-0.4, -0.2) is 29.0 Å². The van der Waals surface area contributed by atoms with Crippen molar-refractivity contribution in [2.75, 3.05) is 14.1 Å². The summed E-state index contributed by atoms with van der Waals surface area (Å²) >= 11 is 0. The predicted molar refractivity (Wildman–Crippen MR) is 58.8 cm³/mol. The number of nitrogens with zero attached hydrogens (tertiary/aromatic N) is 3. The van der Waals surface area contributed by atoms with Crippen molar-refractivity contribution in [3.05, 3.63) is 30.4 Å². The Morgan fingerprint density at radius 1 is 1.29 bits per heavy atom. The fourth-order valence-corrected chi connectivity index (χ4v) is 1.01. The predicted octanol–water partition coefficient (Wildman–Crippen LogP) is 2.13. The van der Waals surface area contributed by atoms with E-state index in [2.05, 4.69) is 30.4 Å². The minimum absolute atomic E-state index is 0.421. The van der Waals surface area contributed by atoms with Gasteiger partial charge in [0.2, 0.25) is 0 Å². The topological polar surface area (TPSA) is 29.0 Å².